The fourth-order valence-electron chi connectivity index (χ4n) is 0.962. The van der Waals surface area contributed by atoms with Crippen LogP contribution in [-0.2, 0) is 11.2 Å². The predicted molar refractivity (Wildman–Crippen MR) is 61.3 cm³/mol. The number of amides is 1. The molecule has 16 heavy (non-hydrogen) atoms. The second-order valence-corrected chi connectivity index (χ2v) is 4.15. The van der Waals surface area contributed by atoms with Crippen molar-refractivity contribution < 1.29 is 4.79 Å². The standard InChI is InChI=1S/C8H12N6OS/c1-6(15)14(2)8-12-11-7(16-8)4-3-5-10-13-9/h3-5H2,1-2H3. The summed E-state index contributed by atoms with van der Waals surface area (Å²) < 4.78 is 0. The number of azide groups is 1. The van der Waals surface area contributed by atoms with Crippen LogP contribution in [-0.4, -0.2) is 29.7 Å². The number of nitrogens with zero attached hydrogens (tertiary/aromatic N) is 6. The number of aromatic nitrogens is 2. The highest BCUT2D eigenvalue weighted by Crippen LogP contribution is 2.19. The van der Waals surface area contributed by atoms with E-state index in [-0.39, 0.29) is 5.91 Å². The van der Waals surface area contributed by atoms with Crippen molar-refractivity contribution in [3.05, 3.63) is 15.5 Å². The van der Waals surface area contributed by atoms with Gasteiger partial charge in [-0.2, -0.15) is 0 Å². The molecule has 0 saturated heterocycles. The minimum atomic E-state index is -0.0724. The Kier molecular flexibility index (Phi) is 4.68. The molecule has 0 aliphatic carbocycles. The summed E-state index contributed by atoms with van der Waals surface area (Å²) in [6.07, 6.45) is 1.45. The minimum absolute atomic E-state index is 0.0724. The van der Waals surface area contributed by atoms with Gasteiger partial charge in [0.1, 0.15) is 5.01 Å². The van der Waals surface area contributed by atoms with Crippen LogP contribution < -0.4 is 4.90 Å². The van der Waals surface area contributed by atoms with Gasteiger partial charge in [0.05, 0.1) is 0 Å². The normalized spacial score (nSPS) is 9.62. The van der Waals surface area contributed by atoms with Crippen LogP contribution in [0.25, 0.3) is 10.4 Å². The Morgan fingerprint density at radius 1 is 1.62 bits per heavy atom. The van der Waals surface area contributed by atoms with Gasteiger partial charge in [-0.15, -0.1) is 10.2 Å². The SMILES string of the molecule is CC(=O)N(C)c1nnc(CCCN=[N+]=[N-])s1. The summed E-state index contributed by atoms with van der Waals surface area (Å²) in [6.45, 7) is 1.93. The summed E-state index contributed by atoms with van der Waals surface area (Å²) in [5.74, 6) is -0.0724. The van der Waals surface area contributed by atoms with E-state index in [2.05, 4.69) is 20.2 Å². The van der Waals surface area contributed by atoms with Crippen LogP contribution in [0.4, 0.5) is 5.13 Å². The molecule has 0 fully saturated rings. The number of carbonyl (C=O) groups is 1. The van der Waals surface area contributed by atoms with Crippen molar-refractivity contribution in [2.45, 2.75) is 19.8 Å². The third-order valence-electron chi connectivity index (χ3n) is 1.93. The van der Waals surface area contributed by atoms with Crippen molar-refractivity contribution in [2.24, 2.45) is 5.11 Å². The first-order chi connectivity index (χ1) is 7.65. The van der Waals surface area contributed by atoms with E-state index in [1.54, 1.807) is 7.05 Å². The van der Waals surface area contributed by atoms with Crippen molar-refractivity contribution in [1.82, 2.24) is 10.2 Å². The van der Waals surface area contributed by atoms with Crippen molar-refractivity contribution in [3.63, 3.8) is 0 Å². The largest absolute Gasteiger partial charge is 0.290 e. The van der Waals surface area contributed by atoms with Gasteiger partial charge < -0.3 is 0 Å². The van der Waals surface area contributed by atoms with Crippen LogP contribution in [0.2, 0.25) is 0 Å². The molecule has 8 heteroatoms. The first kappa shape index (κ1) is 12.4. The molecule has 0 aliphatic heterocycles. The lowest BCUT2D eigenvalue weighted by molar-refractivity contribution is -0.116. The number of hydrogen-bond acceptors (Lipinski definition) is 5. The van der Waals surface area contributed by atoms with E-state index >= 15 is 0 Å². The average molecular weight is 240 g/mol. The molecule has 1 rings (SSSR count). The molecule has 1 amide bonds. The molecule has 0 spiro atoms. The molecule has 0 N–H and O–H groups in total. The lowest BCUT2D eigenvalue weighted by atomic mass is 10.3. The van der Waals surface area contributed by atoms with E-state index in [4.69, 9.17) is 5.53 Å². The maximum atomic E-state index is 11.1. The number of hydrogen-bond donors (Lipinski definition) is 0. The number of carbonyl (C=O) groups excluding carboxylic acids is 1. The van der Waals surface area contributed by atoms with Gasteiger partial charge in [0.2, 0.25) is 11.0 Å². The zero-order valence-electron chi connectivity index (χ0n) is 9.12. The van der Waals surface area contributed by atoms with Crippen LogP contribution in [0.15, 0.2) is 5.11 Å². The summed E-state index contributed by atoms with van der Waals surface area (Å²) >= 11 is 1.38. The van der Waals surface area contributed by atoms with Gasteiger partial charge in [-0.05, 0) is 12.0 Å². The highest BCUT2D eigenvalue weighted by atomic mass is 32.1. The van der Waals surface area contributed by atoms with Crippen LogP contribution >= 0.6 is 11.3 Å². The van der Waals surface area contributed by atoms with Gasteiger partial charge in [-0.3, -0.25) is 9.69 Å². The maximum absolute atomic E-state index is 11.1. The Balaban J connectivity index is 2.51. The van der Waals surface area contributed by atoms with Crippen LogP contribution in [0.1, 0.15) is 18.4 Å². The molecular formula is C8H12N6OS. The molecule has 0 bridgehead atoms. The molecule has 1 heterocycles. The monoisotopic (exact) mass is 240 g/mol. The number of rotatable bonds is 5. The molecule has 0 unspecified atom stereocenters. The number of anilines is 1. The molecule has 1 aromatic rings. The highest BCUT2D eigenvalue weighted by Gasteiger charge is 2.11. The summed E-state index contributed by atoms with van der Waals surface area (Å²) in [5.41, 5.74) is 8.09. The fourth-order valence-corrected chi connectivity index (χ4v) is 1.85. The molecule has 0 aliphatic rings. The molecule has 86 valence electrons. The van der Waals surface area contributed by atoms with E-state index in [9.17, 15) is 4.79 Å². The molecule has 1 aromatic heterocycles. The maximum Gasteiger partial charge on any atom is 0.225 e. The molecule has 0 saturated carbocycles. The summed E-state index contributed by atoms with van der Waals surface area (Å²) in [5, 5.41) is 12.7. The van der Waals surface area contributed by atoms with Crippen LogP contribution in [0.5, 0.6) is 0 Å². The van der Waals surface area contributed by atoms with Gasteiger partial charge in [-0.25, -0.2) is 0 Å². The second kappa shape index (κ2) is 6.04. The first-order valence-corrected chi connectivity index (χ1v) is 5.54. The topological polar surface area (TPSA) is 94.9 Å². The third kappa shape index (κ3) is 3.48. The molecular weight excluding hydrogens is 228 g/mol. The zero-order valence-corrected chi connectivity index (χ0v) is 9.94. The van der Waals surface area contributed by atoms with E-state index in [1.807, 2.05) is 0 Å². The third-order valence-corrected chi connectivity index (χ3v) is 2.99. The van der Waals surface area contributed by atoms with E-state index in [0.29, 0.717) is 18.1 Å². The van der Waals surface area contributed by atoms with Gasteiger partial charge in [0.15, 0.2) is 0 Å². The van der Waals surface area contributed by atoms with Crippen LogP contribution in [0, 0.1) is 0 Å². The lowest BCUT2D eigenvalue weighted by Gasteiger charge is -2.08. The Labute approximate surface area is 96.7 Å². The predicted octanol–water partition coefficient (Wildman–Crippen LogP) is 1.76. The van der Waals surface area contributed by atoms with Crippen molar-refractivity contribution in [2.75, 3.05) is 18.5 Å². The van der Waals surface area contributed by atoms with Gasteiger partial charge >= 0.3 is 0 Å². The highest BCUT2D eigenvalue weighted by molar-refractivity contribution is 7.15. The van der Waals surface area contributed by atoms with Crippen molar-refractivity contribution >= 4 is 22.4 Å². The Hall–Kier alpha value is -1.66. The minimum Gasteiger partial charge on any atom is -0.290 e. The Morgan fingerprint density at radius 2 is 2.38 bits per heavy atom. The van der Waals surface area contributed by atoms with E-state index in [0.717, 1.165) is 11.4 Å². The van der Waals surface area contributed by atoms with E-state index in [1.165, 1.54) is 23.2 Å². The zero-order chi connectivity index (χ0) is 12.0. The van der Waals surface area contributed by atoms with Gasteiger partial charge in [0, 0.05) is 31.8 Å². The summed E-state index contributed by atoms with van der Waals surface area (Å²) in [7, 11) is 1.66. The molecule has 0 radical (unpaired) electrons. The molecule has 7 nitrogen and oxygen atoms in total. The fraction of sp³-hybridized carbons (Fsp3) is 0.625. The first-order valence-electron chi connectivity index (χ1n) is 4.72. The average Bonchev–Trinajstić information content (AvgIpc) is 2.72. The summed E-state index contributed by atoms with van der Waals surface area (Å²) in [6, 6.07) is 0. The van der Waals surface area contributed by atoms with Gasteiger partial charge in [-0.1, -0.05) is 16.5 Å². The smallest absolute Gasteiger partial charge is 0.225 e. The van der Waals surface area contributed by atoms with Crippen molar-refractivity contribution in [1.29, 1.82) is 0 Å². The molecule has 0 atom stereocenters. The van der Waals surface area contributed by atoms with Gasteiger partial charge in [0.25, 0.3) is 0 Å². The second-order valence-electron chi connectivity index (χ2n) is 3.11. The van der Waals surface area contributed by atoms with Crippen LogP contribution in [0.3, 0.4) is 0 Å². The number of aryl methyl sites for hydroxylation is 1. The molecule has 0 aromatic carbocycles. The Bertz CT molecular complexity index is 410. The lowest BCUT2D eigenvalue weighted by Crippen LogP contribution is -2.22. The quantitative estimate of drug-likeness (QED) is 0.339. The van der Waals surface area contributed by atoms with Crippen molar-refractivity contribution in [3.8, 4) is 0 Å². The Morgan fingerprint density at radius 3 is 3.00 bits per heavy atom. The van der Waals surface area contributed by atoms with E-state index < -0.39 is 0 Å². The summed E-state index contributed by atoms with van der Waals surface area (Å²) in [4.78, 5) is 15.2.